The number of benzene rings is 1. The Kier molecular flexibility index (Phi) is 4.08. The predicted octanol–water partition coefficient (Wildman–Crippen LogP) is 5.42. The molecule has 0 aliphatic carbocycles. The van der Waals surface area contributed by atoms with Crippen molar-refractivity contribution in [1.82, 2.24) is 0 Å². The minimum atomic E-state index is 0.0326. The number of halogens is 3. The van der Waals surface area contributed by atoms with Crippen LogP contribution in [0.15, 0.2) is 28.1 Å². The molecule has 3 rings (SSSR count). The molecule has 0 saturated carbocycles. The zero-order chi connectivity index (χ0) is 13.4. The van der Waals surface area contributed by atoms with Crippen molar-refractivity contribution in [2.75, 3.05) is 13.2 Å². The third-order valence-electron chi connectivity index (χ3n) is 2.81. The van der Waals surface area contributed by atoms with E-state index in [-0.39, 0.29) is 4.83 Å². The van der Waals surface area contributed by atoms with Gasteiger partial charge >= 0.3 is 0 Å². The SMILES string of the molecule is Clc1ccsc1C(Br)c1cc2c(cc1Br)OCCO2. The van der Waals surface area contributed by atoms with E-state index in [9.17, 15) is 0 Å². The van der Waals surface area contributed by atoms with Gasteiger partial charge in [-0.1, -0.05) is 43.5 Å². The van der Waals surface area contributed by atoms with Gasteiger partial charge in [0, 0.05) is 9.35 Å². The van der Waals surface area contributed by atoms with Gasteiger partial charge in [0.15, 0.2) is 11.5 Å². The maximum atomic E-state index is 6.19. The molecule has 0 amide bonds. The van der Waals surface area contributed by atoms with Gasteiger partial charge in [0.25, 0.3) is 0 Å². The molecule has 0 bridgehead atoms. The molecular formula is C13H9Br2ClO2S. The number of fused-ring (bicyclic) bond motifs is 1. The number of thiophene rings is 1. The fourth-order valence-corrected chi connectivity index (χ4v) is 5.00. The van der Waals surface area contributed by atoms with Gasteiger partial charge in [0.2, 0.25) is 0 Å². The molecule has 1 aromatic heterocycles. The maximum Gasteiger partial charge on any atom is 0.162 e. The summed E-state index contributed by atoms with van der Waals surface area (Å²) in [7, 11) is 0. The van der Waals surface area contributed by atoms with E-state index in [1.165, 1.54) is 0 Å². The predicted molar refractivity (Wildman–Crippen MR) is 85.2 cm³/mol. The Bertz CT molecular complexity index is 615. The molecule has 2 nitrogen and oxygen atoms in total. The van der Waals surface area contributed by atoms with Crippen LogP contribution < -0.4 is 9.47 Å². The minimum Gasteiger partial charge on any atom is -0.486 e. The largest absolute Gasteiger partial charge is 0.486 e. The molecule has 2 aromatic rings. The Hall–Kier alpha value is -0.230. The van der Waals surface area contributed by atoms with Crippen molar-refractivity contribution in [3.8, 4) is 11.5 Å². The second-order valence-corrected chi connectivity index (χ2v) is 7.14. The first-order valence-corrected chi connectivity index (χ1v) is 8.59. The standard InChI is InChI=1S/C13H9Br2ClO2S/c14-8-6-11-10(17-2-3-18-11)5-7(8)12(15)13-9(16)1-4-19-13/h1,4-6,12H,2-3H2. The molecule has 0 radical (unpaired) electrons. The van der Waals surface area contributed by atoms with Crippen molar-refractivity contribution in [3.05, 3.63) is 43.5 Å². The molecule has 0 spiro atoms. The van der Waals surface area contributed by atoms with E-state index in [4.69, 9.17) is 21.1 Å². The zero-order valence-corrected chi connectivity index (χ0v) is 14.4. The van der Waals surface area contributed by atoms with Gasteiger partial charge in [-0.25, -0.2) is 0 Å². The molecule has 6 heteroatoms. The van der Waals surface area contributed by atoms with Crippen molar-refractivity contribution in [3.63, 3.8) is 0 Å². The van der Waals surface area contributed by atoms with Gasteiger partial charge in [0.1, 0.15) is 13.2 Å². The van der Waals surface area contributed by atoms with E-state index >= 15 is 0 Å². The van der Waals surface area contributed by atoms with E-state index in [0.717, 1.165) is 31.4 Å². The molecule has 19 heavy (non-hydrogen) atoms. The molecule has 0 saturated heterocycles. The molecular weight excluding hydrogens is 415 g/mol. The highest BCUT2D eigenvalue weighted by Crippen LogP contribution is 2.45. The van der Waals surface area contributed by atoms with Crippen LogP contribution in [0.5, 0.6) is 11.5 Å². The Balaban J connectivity index is 2.03. The lowest BCUT2D eigenvalue weighted by Crippen LogP contribution is -2.15. The summed E-state index contributed by atoms with van der Waals surface area (Å²) in [6.45, 7) is 1.17. The summed E-state index contributed by atoms with van der Waals surface area (Å²) in [5.74, 6) is 1.56. The van der Waals surface area contributed by atoms with Gasteiger partial charge in [-0.2, -0.15) is 0 Å². The fraction of sp³-hybridized carbons (Fsp3) is 0.231. The summed E-state index contributed by atoms with van der Waals surface area (Å²) in [6, 6.07) is 5.84. The van der Waals surface area contributed by atoms with Crippen LogP contribution in [-0.4, -0.2) is 13.2 Å². The first kappa shape index (κ1) is 13.7. The smallest absolute Gasteiger partial charge is 0.162 e. The first-order chi connectivity index (χ1) is 9.16. The molecule has 1 unspecified atom stereocenters. The molecule has 0 fully saturated rings. The van der Waals surface area contributed by atoms with E-state index < -0.39 is 0 Å². The second-order valence-electron chi connectivity index (χ2n) is 4.01. The van der Waals surface area contributed by atoms with Crippen LogP contribution in [0.4, 0.5) is 0 Å². The Morgan fingerprint density at radius 2 is 1.89 bits per heavy atom. The fourth-order valence-electron chi connectivity index (χ4n) is 1.90. The monoisotopic (exact) mass is 422 g/mol. The van der Waals surface area contributed by atoms with Crippen LogP contribution in [0, 0.1) is 0 Å². The van der Waals surface area contributed by atoms with E-state index in [1.807, 2.05) is 23.6 Å². The summed E-state index contributed by atoms with van der Waals surface area (Å²) in [5, 5.41) is 2.76. The van der Waals surface area contributed by atoms with Crippen LogP contribution in [0.2, 0.25) is 5.02 Å². The first-order valence-electron chi connectivity index (χ1n) is 5.63. The topological polar surface area (TPSA) is 18.5 Å². The summed E-state index contributed by atoms with van der Waals surface area (Å²) in [4.78, 5) is 1.12. The zero-order valence-electron chi connectivity index (χ0n) is 9.66. The van der Waals surface area contributed by atoms with Crippen LogP contribution in [-0.2, 0) is 0 Å². The lowest BCUT2D eigenvalue weighted by molar-refractivity contribution is 0.171. The van der Waals surface area contributed by atoms with Crippen molar-refractivity contribution in [2.45, 2.75) is 4.83 Å². The molecule has 1 aromatic carbocycles. The average molecular weight is 425 g/mol. The van der Waals surface area contributed by atoms with Crippen LogP contribution in [0.1, 0.15) is 15.3 Å². The number of ether oxygens (including phenoxy) is 2. The Morgan fingerprint density at radius 3 is 2.53 bits per heavy atom. The average Bonchev–Trinajstić information content (AvgIpc) is 2.83. The summed E-state index contributed by atoms with van der Waals surface area (Å²) >= 11 is 15.1. The molecule has 100 valence electrons. The van der Waals surface area contributed by atoms with Crippen molar-refractivity contribution in [1.29, 1.82) is 0 Å². The van der Waals surface area contributed by atoms with Gasteiger partial charge in [0.05, 0.1) is 9.85 Å². The Morgan fingerprint density at radius 1 is 1.21 bits per heavy atom. The highest BCUT2D eigenvalue weighted by Gasteiger charge is 2.22. The molecule has 1 atom stereocenters. The van der Waals surface area contributed by atoms with Gasteiger partial charge in [-0.3, -0.25) is 0 Å². The molecule has 2 heterocycles. The summed E-state index contributed by atoms with van der Waals surface area (Å²) < 4.78 is 12.2. The van der Waals surface area contributed by atoms with E-state index in [1.54, 1.807) is 11.3 Å². The number of hydrogen-bond acceptors (Lipinski definition) is 3. The molecule has 1 aliphatic rings. The summed E-state index contributed by atoms with van der Waals surface area (Å²) in [6.07, 6.45) is 0. The highest BCUT2D eigenvalue weighted by atomic mass is 79.9. The van der Waals surface area contributed by atoms with Crippen LogP contribution >= 0.6 is 54.8 Å². The number of rotatable bonds is 2. The normalized spacial score (nSPS) is 15.3. The van der Waals surface area contributed by atoms with Crippen LogP contribution in [0.3, 0.4) is 0 Å². The van der Waals surface area contributed by atoms with Gasteiger partial charge in [-0.15, -0.1) is 11.3 Å². The maximum absolute atomic E-state index is 6.19. The molecule has 1 aliphatic heterocycles. The van der Waals surface area contributed by atoms with Crippen molar-refractivity contribution >= 4 is 54.8 Å². The van der Waals surface area contributed by atoms with Crippen molar-refractivity contribution < 1.29 is 9.47 Å². The lowest BCUT2D eigenvalue weighted by Gasteiger charge is -2.21. The van der Waals surface area contributed by atoms with Gasteiger partial charge in [-0.05, 0) is 29.1 Å². The van der Waals surface area contributed by atoms with Crippen molar-refractivity contribution in [2.24, 2.45) is 0 Å². The van der Waals surface area contributed by atoms with Crippen LogP contribution in [0.25, 0.3) is 0 Å². The molecule has 0 N–H and O–H groups in total. The summed E-state index contributed by atoms with van der Waals surface area (Å²) in [5.41, 5.74) is 1.08. The van der Waals surface area contributed by atoms with E-state index in [0.29, 0.717) is 13.2 Å². The van der Waals surface area contributed by atoms with E-state index in [2.05, 4.69) is 31.9 Å². The number of alkyl halides is 1. The van der Waals surface area contributed by atoms with Gasteiger partial charge < -0.3 is 9.47 Å². The third kappa shape index (κ3) is 2.66. The quantitative estimate of drug-likeness (QED) is 0.600. The lowest BCUT2D eigenvalue weighted by atomic mass is 10.1. The highest BCUT2D eigenvalue weighted by molar-refractivity contribution is 9.11. The minimum absolute atomic E-state index is 0.0326. The third-order valence-corrected chi connectivity index (χ3v) is 6.17. The number of hydrogen-bond donors (Lipinski definition) is 0. The Labute approximate surface area is 136 Å². The second kappa shape index (κ2) is 5.64.